The monoisotopic (exact) mass is 161 g/mol. The van der Waals surface area contributed by atoms with E-state index in [2.05, 4.69) is 32.8 Å². The first-order chi connectivity index (χ1) is 4.63. The van der Waals surface area contributed by atoms with E-state index in [0.29, 0.717) is 12.1 Å². The first-order valence-corrected chi connectivity index (χ1v) is 4.64. The van der Waals surface area contributed by atoms with Crippen molar-refractivity contribution in [1.82, 2.24) is 4.90 Å². The molecule has 62 valence electrons. The van der Waals surface area contributed by atoms with Crippen LogP contribution in [0.2, 0.25) is 0 Å². The average Bonchev–Trinajstić information content (AvgIpc) is 1.88. The fraction of sp³-hybridized carbons (Fsp3) is 1.00. The highest BCUT2D eigenvalue weighted by atomic mass is 28.2. The molecular formula is C7H19NOSi. The molecule has 0 amide bonds. The van der Waals surface area contributed by atoms with Crippen LogP contribution in [-0.4, -0.2) is 41.6 Å². The molecule has 2 atom stereocenters. The van der Waals surface area contributed by atoms with Crippen molar-refractivity contribution in [2.45, 2.75) is 32.4 Å². The zero-order valence-corrected chi connectivity index (χ0v) is 9.72. The normalized spacial score (nSPS) is 17.7. The molecule has 0 fully saturated rings. The van der Waals surface area contributed by atoms with Crippen LogP contribution in [0.3, 0.4) is 0 Å². The molecule has 0 aromatic heterocycles. The standard InChI is InChI=1S/C7H19NOSi/c1-5-7(8(3)4)6(2)9-10/h6-7H,5H2,1-4,10H3. The van der Waals surface area contributed by atoms with E-state index in [1.54, 1.807) is 0 Å². The maximum atomic E-state index is 5.36. The van der Waals surface area contributed by atoms with Crippen LogP contribution in [0.15, 0.2) is 0 Å². The summed E-state index contributed by atoms with van der Waals surface area (Å²) >= 11 is 0. The molecule has 0 aromatic rings. The molecule has 10 heavy (non-hydrogen) atoms. The largest absolute Gasteiger partial charge is 0.424 e. The topological polar surface area (TPSA) is 12.5 Å². The maximum Gasteiger partial charge on any atom is 0.146 e. The summed E-state index contributed by atoms with van der Waals surface area (Å²) in [6, 6.07) is 0.581. The van der Waals surface area contributed by atoms with E-state index >= 15 is 0 Å². The Morgan fingerprint density at radius 1 is 1.50 bits per heavy atom. The molecule has 3 heteroatoms. The van der Waals surface area contributed by atoms with Gasteiger partial charge in [0.05, 0.1) is 6.10 Å². The molecule has 0 N–H and O–H groups in total. The third-order valence-electron chi connectivity index (χ3n) is 2.00. The Labute approximate surface area is 67.1 Å². The second-order valence-electron chi connectivity index (χ2n) is 2.88. The zero-order valence-electron chi connectivity index (χ0n) is 7.72. The Hall–Kier alpha value is 0.137. The molecule has 0 saturated heterocycles. The summed E-state index contributed by atoms with van der Waals surface area (Å²) in [6.45, 7) is 4.34. The van der Waals surface area contributed by atoms with Crippen LogP contribution in [0, 0.1) is 0 Å². The highest BCUT2D eigenvalue weighted by molar-refractivity contribution is 5.98. The third kappa shape index (κ3) is 2.81. The Morgan fingerprint density at radius 3 is 2.10 bits per heavy atom. The summed E-state index contributed by atoms with van der Waals surface area (Å²) in [6.07, 6.45) is 1.56. The Morgan fingerprint density at radius 2 is 2.00 bits per heavy atom. The van der Waals surface area contributed by atoms with Gasteiger partial charge in [-0.1, -0.05) is 6.92 Å². The van der Waals surface area contributed by atoms with Gasteiger partial charge < -0.3 is 9.33 Å². The van der Waals surface area contributed by atoms with Gasteiger partial charge in [0.2, 0.25) is 0 Å². The summed E-state index contributed by atoms with van der Waals surface area (Å²) in [5, 5.41) is 0. The highest BCUT2D eigenvalue weighted by Gasteiger charge is 2.15. The summed E-state index contributed by atoms with van der Waals surface area (Å²) in [5.74, 6) is 0. The van der Waals surface area contributed by atoms with Gasteiger partial charge in [0.15, 0.2) is 0 Å². The third-order valence-corrected chi connectivity index (χ3v) is 2.74. The minimum atomic E-state index is 0.395. The van der Waals surface area contributed by atoms with Crippen LogP contribution in [0.5, 0.6) is 0 Å². The van der Waals surface area contributed by atoms with Gasteiger partial charge in [0, 0.05) is 6.04 Å². The molecule has 0 saturated carbocycles. The molecule has 0 spiro atoms. The van der Waals surface area contributed by atoms with Crippen molar-refractivity contribution in [1.29, 1.82) is 0 Å². The van der Waals surface area contributed by atoms with Crippen molar-refractivity contribution in [2.75, 3.05) is 14.1 Å². The van der Waals surface area contributed by atoms with Gasteiger partial charge in [0.25, 0.3) is 0 Å². The number of hydrogen-bond donors (Lipinski definition) is 0. The van der Waals surface area contributed by atoms with Crippen LogP contribution in [0.1, 0.15) is 20.3 Å². The molecule has 0 aromatic carbocycles. The van der Waals surface area contributed by atoms with E-state index in [1.807, 2.05) is 0 Å². The van der Waals surface area contributed by atoms with Gasteiger partial charge >= 0.3 is 0 Å². The van der Waals surface area contributed by atoms with E-state index < -0.39 is 0 Å². The van der Waals surface area contributed by atoms with E-state index in [4.69, 9.17) is 4.43 Å². The van der Waals surface area contributed by atoms with Crippen LogP contribution in [0.25, 0.3) is 0 Å². The summed E-state index contributed by atoms with van der Waals surface area (Å²) < 4.78 is 5.36. The zero-order chi connectivity index (χ0) is 8.15. The maximum absolute atomic E-state index is 5.36. The molecule has 0 heterocycles. The SMILES string of the molecule is CCC(C(C)O[SiH3])N(C)C. The van der Waals surface area contributed by atoms with Crippen LogP contribution in [0.4, 0.5) is 0 Å². The van der Waals surface area contributed by atoms with Gasteiger partial charge in [-0.3, -0.25) is 0 Å². The van der Waals surface area contributed by atoms with Gasteiger partial charge in [-0.05, 0) is 27.4 Å². The number of rotatable bonds is 4. The number of likely N-dealkylation sites (N-methyl/N-ethyl adjacent to an activating group) is 1. The minimum absolute atomic E-state index is 0.395. The van der Waals surface area contributed by atoms with Crippen molar-refractivity contribution in [3.8, 4) is 0 Å². The Balaban J connectivity index is 3.80. The van der Waals surface area contributed by atoms with Crippen LogP contribution >= 0.6 is 0 Å². The van der Waals surface area contributed by atoms with E-state index in [9.17, 15) is 0 Å². The highest BCUT2D eigenvalue weighted by Crippen LogP contribution is 2.06. The predicted octanol–water partition coefficient (Wildman–Crippen LogP) is 0.0121. The van der Waals surface area contributed by atoms with E-state index in [1.165, 1.54) is 0 Å². The van der Waals surface area contributed by atoms with Crippen molar-refractivity contribution in [3.05, 3.63) is 0 Å². The van der Waals surface area contributed by atoms with Crippen LogP contribution < -0.4 is 0 Å². The molecule has 0 aliphatic heterocycles. The lowest BCUT2D eigenvalue weighted by atomic mass is 10.1. The summed E-state index contributed by atoms with van der Waals surface area (Å²) in [5.41, 5.74) is 0. The molecule has 2 nitrogen and oxygen atoms in total. The van der Waals surface area contributed by atoms with Crippen molar-refractivity contribution in [3.63, 3.8) is 0 Å². The number of hydrogen-bond acceptors (Lipinski definition) is 2. The molecule has 0 rings (SSSR count). The van der Waals surface area contributed by atoms with Crippen molar-refractivity contribution >= 4 is 10.5 Å². The first kappa shape index (κ1) is 10.1. The van der Waals surface area contributed by atoms with Crippen LogP contribution in [-0.2, 0) is 4.43 Å². The number of nitrogens with zero attached hydrogens (tertiary/aromatic N) is 1. The first-order valence-electron chi connectivity index (χ1n) is 3.82. The molecule has 0 aliphatic carbocycles. The smallest absolute Gasteiger partial charge is 0.146 e. The van der Waals surface area contributed by atoms with Gasteiger partial charge in [-0.25, -0.2) is 0 Å². The van der Waals surface area contributed by atoms with Gasteiger partial charge in [-0.2, -0.15) is 0 Å². The Kier molecular flexibility index (Phi) is 4.94. The fourth-order valence-electron chi connectivity index (χ4n) is 1.27. The van der Waals surface area contributed by atoms with Crippen molar-refractivity contribution in [2.24, 2.45) is 0 Å². The van der Waals surface area contributed by atoms with E-state index in [0.717, 1.165) is 16.9 Å². The molecule has 0 aliphatic rings. The molecular weight excluding hydrogens is 142 g/mol. The van der Waals surface area contributed by atoms with Gasteiger partial charge in [0.1, 0.15) is 10.5 Å². The van der Waals surface area contributed by atoms with Gasteiger partial charge in [-0.15, -0.1) is 0 Å². The summed E-state index contributed by atoms with van der Waals surface area (Å²) in [4.78, 5) is 2.22. The van der Waals surface area contributed by atoms with E-state index in [-0.39, 0.29) is 0 Å². The Bertz CT molecular complexity index is 87.7. The second-order valence-corrected chi connectivity index (χ2v) is 3.35. The fourth-order valence-corrected chi connectivity index (χ4v) is 1.59. The molecule has 2 unspecified atom stereocenters. The molecule has 0 bridgehead atoms. The lowest BCUT2D eigenvalue weighted by molar-refractivity contribution is 0.117. The second kappa shape index (κ2) is 4.88. The predicted molar refractivity (Wildman–Crippen MR) is 48.3 cm³/mol. The molecule has 0 radical (unpaired) electrons. The lowest BCUT2D eigenvalue weighted by Crippen LogP contribution is -2.37. The average molecular weight is 161 g/mol. The summed E-state index contributed by atoms with van der Waals surface area (Å²) in [7, 11) is 5.05. The van der Waals surface area contributed by atoms with Crippen molar-refractivity contribution < 1.29 is 4.43 Å². The quantitative estimate of drug-likeness (QED) is 0.539. The minimum Gasteiger partial charge on any atom is -0.424 e. The lowest BCUT2D eigenvalue weighted by Gasteiger charge is -2.28.